The Balaban J connectivity index is 1.74. The molecule has 1 N–H and O–H groups in total. The van der Waals surface area contributed by atoms with E-state index < -0.39 is 6.04 Å². The van der Waals surface area contributed by atoms with Gasteiger partial charge in [-0.15, -0.1) is 5.10 Å². The normalized spacial score (nSPS) is 12.8. The smallest absolute Gasteiger partial charge is 0.253 e. The van der Waals surface area contributed by atoms with Crippen LogP contribution in [0, 0.1) is 13.8 Å². The van der Waals surface area contributed by atoms with Gasteiger partial charge in [0.05, 0.1) is 31.0 Å². The van der Waals surface area contributed by atoms with Crippen molar-refractivity contribution in [3.63, 3.8) is 0 Å². The number of rotatable bonds is 10. The first kappa shape index (κ1) is 27.3. The molecule has 1 atom stereocenters. The molecule has 0 fully saturated rings. The molecule has 5 rings (SSSR count). The third-order valence-electron chi connectivity index (χ3n) is 7.79. The summed E-state index contributed by atoms with van der Waals surface area (Å²) in [6, 6.07) is 17.3. The highest BCUT2D eigenvalue weighted by molar-refractivity contribution is 5.85. The fourth-order valence-corrected chi connectivity index (χ4v) is 5.05. The number of fused-ring (bicyclic) bond motifs is 1. The van der Waals surface area contributed by atoms with E-state index in [1.165, 1.54) is 0 Å². The third-order valence-corrected chi connectivity index (χ3v) is 7.79. The van der Waals surface area contributed by atoms with Crippen LogP contribution < -0.4 is 10.3 Å². The Morgan fingerprint density at radius 1 is 1.07 bits per heavy atom. The number of tetrazole rings is 1. The average molecular weight is 541 g/mol. The van der Waals surface area contributed by atoms with E-state index >= 15 is 0 Å². The van der Waals surface area contributed by atoms with Crippen molar-refractivity contribution in [3.05, 3.63) is 105 Å². The summed E-state index contributed by atoms with van der Waals surface area (Å²) < 4.78 is 13.0. The number of nitrogens with one attached hydrogen (secondary N) is 1. The molecule has 5 aromatic rings. The SMILES string of the molecule is CCC(C)(C)n1nnnc1[C@H](c1cc2c(C)ccc(C)c2[nH]c1=O)N(Cc1ccc(OC)cc1)Cc1ccco1. The second kappa shape index (κ2) is 11.1. The van der Waals surface area contributed by atoms with Gasteiger partial charge in [-0.2, -0.15) is 0 Å². The zero-order chi connectivity index (χ0) is 28.4. The minimum atomic E-state index is -0.568. The van der Waals surface area contributed by atoms with E-state index in [9.17, 15) is 4.79 Å². The summed E-state index contributed by atoms with van der Waals surface area (Å²) in [5.74, 6) is 2.15. The molecule has 0 amide bonds. The van der Waals surface area contributed by atoms with Crippen LogP contribution in [0.2, 0.25) is 0 Å². The molecule has 0 bridgehead atoms. The standard InChI is InChI=1S/C31H36N6O3/c1-7-31(4,5)37-29(33-34-35-37)28(26-17-25-20(2)10-11-21(3)27(25)32-30(26)38)36(19-24-9-8-16-40-24)18-22-12-14-23(39-6)15-13-22/h8-17,28H,7,18-19H2,1-6H3,(H,32,38)/t28-/m0/s1. The second-order valence-corrected chi connectivity index (χ2v) is 10.9. The third kappa shape index (κ3) is 5.29. The number of aryl methyl sites for hydroxylation is 2. The minimum absolute atomic E-state index is 0.172. The number of methoxy groups -OCH3 is 1. The summed E-state index contributed by atoms with van der Waals surface area (Å²) in [5, 5.41) is 14.1. The molecule has 208 valence electrons. The number of ether oxygens (including phenoxy) is 1. The van der Waals surface area contributed by atoms with E-state index in [1.54, 1.807) is 13.4 Å². The van der Waals surface area contributed by atoms with E-state index in [1.807, 2.05) is 60.1 Å². The molecule has 0 aliphatic carbocycles. The van der Waals surface area contributed by atoms with Crippen LogP contribution in [0.5, 0.6) is 5.75 Å². The Bertz CT molecular complexity index is 1650. The Morgan fingerprint density at radius 2 is 1.82 bits per heavy atom. The van der Waals surface area contributed by atoms with Gasteiger partial charge >= 0.3 is 0 Å². The van der Waals surface area contributed by atoms with Gasteiger partial charge in [0.2, 0.25) is 0 Å². The Morgan fingerprint density at radius 3 is 2.50 bits per heavy atom. The lowest BCUT2D eigenvalue weighted by molar-refractivity contribution is 0.168. The molecule has 0 radical (unpaired) electrons. The summed E-state index contributed by atoms with van der Waals surface area (Å²) in [6.07, 6.45) is 2.47. The molecule has 0 unspecified atom stereocenters. The number of furan rings is 1. The van der Waals surface area contributed by atoms with Crippen LogP contribution in [0.15, 0.2) is 70.1 Å². The van der Waals surface area contributed by atoms with Gasteiger partial charge < -0.3 is 14.1 Å². The van der Waals surface area contributed by atoms with Gasteiger partial charge in [0.1, 0.15) is 17.6 Å². The van der Waals surface area contributed by atoms with Crippen molar-refractivity contribution in [2.75, 3.05) is 7.11 Å². The molecule has 0 spiro atoms. The first-order valence-electron chi connectivity index (χ1n) is 13.5. The van der Waals surface area contributed by atoms with Crippen LogP contribution in [0.4, 0.5) is 0 Å². The molecule has 9 heteroatoms. The van der Waals surface area contributed by atoms with Crippen molar-refractivity contribution in [2.24, 2.45) is 0 Å². The summed E-state index contributed by atoms with van der Waals surface area (Å²) in [7, 11) is 1.65. The summed E-state index contributed by atoms with van der Waals surface area (Å²) in [6.45, 7) is 11.3. The number of benzene rings is 2. The van der Waals surface area contributed by atoms with E-state index in [-0.39, 0.29) is 11.1 Å². The van der Waals surface area contributed by atoms with Gasteiger partial charge in [-0.25, -0.2) is 4.68 Å². The van der Waals surface area contributed by atoms with Gasteiger partial charge in [0.25, 0.3) is 5.56 Å². The maximum atomic E-state index is 13.9. The van der Waals surface area contributed by atoms with Gasteiger partial charge in [-0.3, -0.25) is 9.69 Å². The number of H-pyrrole nitrogens is 1. The monoisotopic (exact) mass is 540 g/mol. The van der Waals surface area contributed by atoms with E-state index in [4.69, 9.17) is 9.15 Å². The van der Waals surface area contributed by atoms with Gasteiger partial charge in [-0.05, 0) is 91.6 Å². The lowest BCUT2D eigenvalue weighted by Gasteiger charge is -2.33. The second-order valence-electron chi connectivity index (χ2n) is 10.9. The highest BCUT2D eigenvalue weighted by Gasteiger charge is 2.35. The Kier molecular flexibility index (Phi) is 7.58. The van der Waals surface area contributed by atoms with Crippen LogP contribution >= 0.6 is 0 Å². The van der Waals surface area contributed by atoms with Crippen LogP contribution in [-0.4, -0.2) is 37.2 Å². The van der Waals surface area contributed by atoms with Gasteiger partial charge in [0.15, 0.2) is 5.82 Å². The zero-order valence-corrected chi connectivity index (χ0v) is 23.9. The van der Waals surface area contributed by atoms with Crippen molar-refractivity contribution in [1.29, 1.82) is 0 Å². The summed E-state index contributed by atoms with van der Waals surface area (Å²) >= 11 is 0. The van der Waals surface area contributed by atoms with E-state index in [0.29, 0.717) is 24.5 Å². The van der Waals surface area contributed by atoms with E-state index in [0.717, 1.165) is 45.5 Å². The molecule has 3 heterocycles. The van der Waals surface area contributed by atoms with Crippen molar-refractivity contribution < 1.29 is 9.15 Å². The first-order chi connectivity index (χ1) is 19.2. The zero-order valence-electron chi connectivity index (χ0n) is 23.9. The fourth-order valence-electron chi connectivity index (χ4n) is 5.05. The minimum Gasteiger partial charge on any atom is -0.497 e. The lowest BCUT2D eigenvalue weighted by Crippen LogP contribution is -2.38. The van der Waals surface area contributed by atoms with Crippen LogP contribution in [-0.2, 0) is 18.6 Å². The number of pyridine rings is 1. The molecule has 0 saturated carbocycles. The van der Waals surface area contributed by atoms with E-state index in [2.05, 4.69) is 59.2 Å². The number of nitrogens with zero attached hydrogens (tertiary/aromatic N) is 5. The van der Waals surface area contributed by atoms with Crippen LogP contribution in [0.3, 0.4) is 0 Å². The predicted octanol–water partition coefficient (Wildman–Crippen LogP) is 5.67. The highest BCUT2D eigenvalue weighted by Crippen LogP contribution is 2.34. The molecule has 0 aliphatic heterocycles. The molecule has 9 nitrogen and oxygen atoms in total. The molecule has 2 aromatic carbocycles. The number of hydrogen-bond donors (Lipinski definition) is 1. The molecule has 0 aliphatic rings. The predicted molar refractivity (Wildman–Crippen MR) is 154 cm³/mol. The highest BCUT2D eigenvalue weighted by atomic mass is 16.5. The molecule has 0 saturated heterocycles. The van der Waals surface area contributed by atoms with Crippen molar-refractivity contribution in [1.82, 2.24) is 30.1 Å². The number of aromatic amines is 1. The maximum Gasteiger partial charge on any atom is 0.253 e. The Hall–Kier alpha value is -4.24. The van der Waals surface area contributed by atoms with Crippen molar-refractivity contribution in [2.45, 2.75) is 65.7 Å². The fraction of sp³-hybridized carbons (Fsp3) is 0.355. The topological polar surface area (TPSA) is 102 Å². The lowest BCUT2D eigenvalue weighted by atomic mass is 9.97. The molecule has 40 heavy (non-hydrogen) atoms. The summed E-state index contributed by atoms with van der Waals surface area (Å²) in [5.41, 5.74) is 4.02. The maximum absolute atomic E-state index is 13.9. The van der Waals surface area contributed by atoms with Gasteiger partial charge in [0, 0.05) is 17.5 Å². The molecule has 3 aromatic heterocycles. The van der Waals surface area contributed by atoms with Crippen LogP contribution in [0.25, 0.3) is 10.9 Å². The summed E-state index contributed by atoms with van der Waals surface area (Å²) in [4.78, 5) is 19.3. The Labute approximate surface area is 233 Å². The number of aromatic nitrogens is 5. The quantitative estimate of drug-likeness (QED) is 0.243. The van der Waals surface area contributed by atoms with Crippen molar-refractivity contribution >= 4 is 10.9 Å². The van der Waals surface area contributed by atoms with Gasteiger partial charge in [-0.1, -0.05) is 31.2 Å². The molecular formula is C31H36N6O3. The first-order valence-corrected chi connectivity index (χ1v) is 13.5. The van der Waals surface area contributed by atoms with Crippen LogP contribution in [0.1, 0.15) is 67.1 Å². The largest absolute Gasteiger partial charge is 0.497 e. The average Bonchev–Trinajstić information content (AvgIpc) is 3.65. The van der Waals surface area contributed by atoms with Crippen molar-refractivity contribution in [3.8, 4) is 5.75 Å². The number of hydrogen-bond acceptors (Lipinski definition) is 7. The molecular weight excluding hydrogens is 504 g/mol.